The van der Waals surface area contributed by atoms with Crippen LogP contribution in [0, 0.1) is 5.92 Å². The zero-order chi connectivity index (χ0) is 13.7. The van der Waals surface area contributed by atoms with Crippen LogP contribution in [0.15, 0.2) is 18.5 Å². The average molecular weight is 263 g/mol. The lowest BCUT2D eigenvalue weighted by Crippen LogP contribution is -2.40. The minimum absolute atomic E-state index is 0.0193. The molecule has 1 aliphatic carbocycles. The van der Waals surface area contributed by atoms with Gasteiger partial charge in [0, 0.05) is 18.4 Å². The highest BCUT2D eigenvalue weighted by Crippen LogP contribution is 2.25. The first-order valence-corrected chi connectivity index (χ1v) is 6.36. The molecule has 0 saturated heterocycles. The summed E-state index contributed by atoms with van der Waals surface area (Å²) in [7, 11) is 1.39. The highest BCUT2D eigenvalue weighted by Gasteiger charge is 2.29. The fourth-order valence-electron chi connectivity index (χ4n) is 2.37. The Morgan fingerprint density at radius 2 is 2.05 bits per heavy atom. The number of rotatable bonds is 3. The number of nitrogens with zero attached hydrogens (tertiary/aromatic N) is 2. The summed E-state index contributed by atoms with van der Waals surface area (Å²) in [6, 6.07) is 1.64. The number of ether oxygens (including phenoxy) is 1. The van der Waals surface area contributed by atoms with E-state index in [9.17, 15) is 9.59 Å². The topological polar surface area (TPSA) is 81.2 Å². The second-order valence-corrected chi connectivity index (χ2v) is 4.63. The Morgan fingerprint density at radius 3 is 2.74 bits per heavy atom. The maximum absolute atomic E-state index is 11.9. The van der Waals surface area contributed by atoms with E-state index in [0.29, 0.717) is 6.42 Å². The average Bonchev–Trinajstić information content (AvgIpc) is 2.47. The molecule has 1 amide bonds. The van der Waals surface area contributed by atoms with E-state index in [2.05, 4.69) is 15.3 Å². The van der Waals surface area contributed by atoms with Crippen LogP contribution < -0.4 is 5.32 Å². The third-order valence-corrected chi connectivity index (χ3v) is 3.31. The van der Waals surface area contributed by atoms with E-state index in [1.165, 1.54) is 19.5 Å². The number of esters is 1. The van der Waals surface area contributed by atoms with Gasteiger partial charge in [0.2, 0.25) is 5.82 Å². The molecule has 102 valence electrons. The van der Waals surface area contributed by atoms with Gasteiger partial charge in [0.05, 0.1) is 13.0 Å². The van der Waals surface area contributed by atoms with Crippen molar-refractivity contribution in [2.45, 2.75) is 31.7 Å². The third kappa shape index (κ3) is 3.49. The van der Waals surface area contributed by atoms with Crippen molar-refractivity contribution in [2.75, 3.05) is 7.11 Å². The number of amides is 1. The highest BCUT2D eigenvalue weighted by atomic mass is 16.5. The van der Waals surface area contributed by atoms with Crippen molar-refractivity contribution in [1.29, 1.82) is 0 Å². The first-order chi connectivity index (χ1) is 9.20. The first kappa shape index (κ1) is 13.5. The highest BCUT2D eigenvalue weighted by molar-refractivity contribution is 5.90. The Bertz CT molecular complexity index is 450. The summed E-state index contributed by atoms with van der Waals surface area (Å²) in [4.78, 5) is 31.2. The molecule has 1 aromatic rings. The van der Waals surface area contributed by atoms with Gasteiger partial charge >= 0.3 is 5.97 Å². The zero-order valence-electron chi connectivity index (χ0n) is 10.8. The summed E-state index contributed by atoms with van der Waals surface area (Å²) < 4.78 is 4.75. The van der Waals surface area contributed by atoms with Gasteiger partial charge in [-0.05, 0) is 25.3 Å². The summed E-state index contributed by atoms with van der Waals surface area (Å²) in [6.07, 6.45) is 6.26. The second kappa shape index (κ2) is 6.26. The van der Waals surface area contributed by atoms with Gasteiger partial charge in [0.15, 0.2) is 0 Å². The molecule has 0 bridgehead atoms. The molecule has 2 rings (SSSR count). The second-order valence-electron chi connectivity index (χ2n) is 4.63. The van der Waals surface area contributed by atoms with Crippen molar-refractivity contribution in [2.24, 2.45) is 5.92 Å². The Kier molecular flexibility index (Phi) is 4.43. The summed E-state index contributed by atoms with van der Waals surface area (Å²) in [5.41, 5.74) is 0. The first-order valence-electron chi connectivity index (χ1n) is 6.36. The van der Waals surface area contributed by atoms with Gasteiger partial charge < -0.3 is 10.1 Å². The molecule has 0 unspecified atom stereocenters. The van der Waals surface area contributed by atoms with Crippen molar-refractivity contribution >= 4 is 11.9 Å². The van der Waals surface area contributed by atoms with E-state index >= 15 is 0 Å². The summed E-state index contributed by atoms with van der Waals surface area (Å²) >= 11 is 0. The van der Waals surface area contributed by atoms with E-state index in [1.54, 1.807) is 6.07 Å². The van der Waals surface area contributed by atoms with E-state index in [4.69, 9.17) is 4.74 Å². The SMILES string of the molecule is COC(=O)[C@@H]1CCC[C@H](NC(=O)c2ncccn2)C1. The molecule has 2 atom stereocenters. The molecule has 6 nitrogen and oxygen atoms in total. The number of aromatic nitrogens is 2. The van der Waals surface area contributed by atoms with Gasteiger partial charge in [-0.2, -0.15) is 0 Å². The quantitative estimate of drug-likeness (QED) is 0.821. The molecule has 1 saturated carbocycles. The van der Waals surface area contributed by atoms with E-state index < -0.39 is 0 Å². The molecule has 19 heavy (non-hydrogen) atoms. The fraction of sp³-hybridized carbons (Fsp3) is 0.538. The number of hydrogen-bond acceptors (Lipinski definition) is 5. The Hall–Kier alpha value is -1.98. The molecule has 1 N–H and O–H groups in total. The lowest BCUT2D eigenvalue weighted by atomic mass is 9.85. The van der Waals surface area contributed by atoms with Crippen LogP contribution in [-0.4, -0.2) is 35.0 Å². The summed E-state index contributed by atoms with van der Waals surface area (Å²) in [6.45, 7) is 0. The fourth-order valence-corrected chi connectivity index (χ4v) is 2.37. The molecule has 0 spiro atoms. The lowest BCUT2D eigenvalue weighted by molar-refractivity contribution is -0.146. The van der Waals surface area contributed by atoms with Gasteiger partial charge in [0.25, 0.3) is 5.91 Å². The minimum atomic E-state index is -0.295. The Morgan fingerprint density at radius 1 is 1.32 bits per heavy atom. The van der Waals surface area contributed by atoms with Gasteiger partial charge in [0.1, 0.15) is 0 Å². The molecule has 1 aromatic heterocycles. The number of methoxy groups -OCH3 is 1. The maximum Gasteiger partial charge on any atom is 0.308 e. The molecule has 1 aliphatic rings. The predicted molar refractivity (Wildman–Crippen MR) is 67.3 cm³/mol. The Labute approximate surface area is 111 Å². The van der Waals surface area contributed by atoms with Crippen LogP contribution in [0.3, 0.4) is 0 Å². The molecule has 6 heteroatoms. The summed E-state index contributed by atoms with van der Waals surface area (Å²) in [5, 5.41) is 2.87. The molecule has 1 fully saturated rings. The number of hydrogen-bond donors (Lipinski definition) is 1. The monoisotopic (exact) mass is 263 g/mol. The summed E-state index contributed by atoms with van der Waals surface area (Å²) in [5.74, 6) is -0.463. The third-order valence-electron chi connectivity index (χ3n) is 3.31. The molecule has 1 heterocycles. The van der Waals surface area contributed by atoms with Crippen LogP contribution in [0.1, 0.15) is 36.3 Å². The van der Waals surface area contributed by atoms with Crippen molar-refractivity contribution in [1.82, 2.24) is 15.3 Å². The minimum Gasteiger partial charge on any atom is -0.469 e. The van der Waals surface area contributed by atoms with Gasteiger partial charge in [-0.1, -0.05) is 6.42 Å². The molecule has 0 radical (unpaired) electrons. The number of carbonyl (C=O) groups is 2. The van der Waals surface area contributed by atoms with Gasteiger partial charge in [-0.15, -0.1) is 0 Å². The van der Waals surface area contributed by atoms with Crippen molar-refractivity contribution < 1.29 is 14.3 Å². The standard InChI is InChI=1S/C13H17N3O3/c1-19-13(18)9-4-2-5-10(8-9)16-12(17)11-14-6-3-7-15-11/h3,6-7,9-10H,2,4-5,8H2,1H3,(H,16,17)/t9-,10+/m1/s1. The smallest absolute Gasteiger partial charge is 0.308 e. The van der Waals surface area contributed by atoms with Crippen LogP contribution in [0.5, 0.6) is 0 Å². The zero-order valence-corrected chi connectivity index (χ0v) is 10.8. The van der Waals surface area contributed by atoms with E-state index in [0.717, 1.165) is 19.3 Å². The molecular weight excluding hydrogens is 246 g/mol. The van der Waals surface area contributed by atoms with Crippen molar-refractivity contribution in [3.63, 3.8) is 0 Å². The maximum atomic E-state index is 11.9. The van der Waals surface area contributed by atoms with E-state index in [1.807, 2.05) is 0 Å². The Balaban J connectivity index is 1.92. The van der Waals surface area contributed by atoms with Crippen LogP contribution in [0.4, 0.5) is 0 Å². The molecular formula is C13H17N3O3. The number of carbonyl (C=O) groups excluding carboxylic acids is 2. The largest absolute Gasteiger partial charge is 0.469 e. The number of nitrogens with one attached hydrogen (secondary N) is 1. The van der Waals surface area contributed by atoms with Crippen molar-refractivity contribution in [3.05, 3.63) is 24.3 Å². The predicted octanol–water partition coefficient (Wildman–Crippen LogP) is 0.938. The van der Waals surface area contributed by atoms with Crippen molar-refractivity contribution in [3.8, 4) is 0 Å². The molecule has 0 aliphatic heterocycles. The van der Waals surface area contributed by atoms with Crippen LogP contribution in [0.2, 0.25) is 0 Å². The van der Waals surface area contributed by atoms with Gasteiger partial charge in [-0.3, -0.25) is 9.59 Å². The van der Waals surface area contributed by atoms with Crippen LogP contribution in [-0.2, 0) is 9.53 Å². The normalized spacial score (nSPS) is 22.6. The molecule has 0 aromatic carbocycles. The van der Waals surface area contributed by atoms with E-state index in [-0.39, 0.29) is 29.7 Å². The van der Waals surface area contributed by atoms with Gasteiger partial charge in [-0.25, -0.2) is 9.97 Å². The lowest BCUT2D eigenvalue weighted by Gasteiger charge is -2.27. The van der Waals surface area contributed by atoms with Crippen LogP contribution >= 0.6 is 0 Å². The van der Waals surface area contributed by atoms with Crippen LogP contribution in [0.25, 0.3) is 0 Å².